The molecule has 0 aliphatic heterocycles. The van der Waals surface area contributed by atoms with Crippen molar-refractivity contribution in [2.75, 3.05) is 6.61 Å². The number of carbonyl (C=O) groups excluding carboxylic acids is 1. The number of hydrogen-bond donors (Lipinski definition) is 0. The predicted octanol–water partition coefficient (Wildman–Crippen LogP) is 5.22. The Labute approximate surface area is 133 Å². The van der Waals surface area contributed by atoms with Crippen molar-refractivity contribution in [3.63, 3.8) is 0 Å². The van der Waals surface area contributed by atoms with E-state index >= 15 is 0 Å². The number of rotatable bonds is 5. The molecule has 0 aromatic carbocycles. The first kappa shape index (κ1) is 17.1. The lowest BCUT2D eigenvalue weighted by Gasteiger charge is -2.18. The summed E-state index contributed by atoms with van der Waals surface area (Å²) in [4.78, 5) is 17.1. The first-order chi connectivity index (χ1) is 10.5. The highest BCUT2D eigenvalue weighted by Gasteiger charge is 2.23. The van der Waals surface area contributed by atoms with Crippen LogP contribution in [-0.2, 0) is 4.74 Å². The van der Waals surface area contributed by atoms with Crippen molar-refractivity contribution in [1.82, 2.24) is 4.98 Å². The standard InChI is InChI=1S/C16H21F2NO2S/c1-10(14(17)18)8-9-21-16(20)13-11(2)19-15(22-13)12-6-4-3-5-7-12/h12H,3-9H2,1-2H3. The fourth-order valence-corrected chi connectivity index (χ4v) is 3.72. The Hall–Kier alpha value is -1.30. The van der Waals surface area contributed by atoms with Gasteiger partial charge in [-0.3, -0.25) is 0 Å². The molecular formula is C16H21F2NO2S. The minimum absolute atomic E-state index is 0.0297. The molecule has 22 heavy (non-hydrogen) atoms. The van der Waals surface area contributed by atoms with Crippen LogP contribution in [0.4, 0.5) is 8.78 Å². The van der Waals surface area contributed by atoms with Crippen molar-refractivity contribution < 1.29 is 18.3 Å². The van der Waals surface area contributed by atoms with Crippen LogP contribution in [0, 0.1) is 6.92 Å². The van der Waals surface area contributed by atoms with E-state index in [1.54, 1.807) is 6.92 Å². The van der Waals surface area contributed by atoms with Crippen molar-refractivity contribution in [1.29, 1.82) is 0 Å². The van der Waals surface area contributed by atoms with Gasteiger partial charge in [-0.25, -0.2) is 9.78 Å². The van der Waals surface area contributed by atoms with Crippen LogP contribution in [0.3, 0.4) is 0 Å². The van der Waals surface area contributed by atoms with Crippen molar-refractivity contribution >= 4 is 17.3 Å². The second-order valence-electron chi connectivity index (χ2n) is 5.73. The van der Waals surface area contributed by atoms with Crippen LogP contribution in [0.15, 0.2) is 11.7 Å². The van der Waals surface area contributed by atoms with Gasteiger partial charge in [0, 0.05) is 12.3 Å². The van der Waals surface area contributed by atoms with Gasteiger partial charge in [-0.2, -0.15) is 8.78 Å². The Morgan fingerprint density at radius 1 is 1.32 bits per heavy atom. The molecule has 1 fully saturated rings. The highest BCUT2D eigenvalue weighted by atomic mass is 32.1. The fraction of sp³-hybridized carbons (Fsp3) is 0.625. The minimum atomic E-state index is -1.70. The van der Waals surface area contributed by atoms with E-state index in [2.05, 4.69) is 4.98 Å². The number of carbonyl (C=O) groups is 1. The molecule has 0 saturated heterocycles. The normalized spacial score (nSPS) is 15.6. The highest BCUT2D eigenvalue weighted by molar-refractivity contribution is 7.13. The van der Waals surface area contributed by atoms with Crippen molar-refractivity contribution in [3.8, 4) is 0 Å². The van der Waals surface area contributed by atoms with Gasteiger partial charge >= 0.3 is 5.97 Å². The third kappa shape index (κ3) is 4.35. The molecule has 1 aromatic heterocycles. The number of nitrogens with zero attached hydrogens (tertiary/aromatic N) is 1. The van der Waals surface area contributed by atoms with Gasteiger partial charge in [0.15, 0.2) is 0 Å². The Bertz CT molecular complexity index is 558. The summed E-state index contributed by atoms with van der Waals surface area (Å²) in [6, 6.07) is 0. The molecule has 6 heteroatoms. The van der Waals surface area contributed by atoms with Gasteiger partial charge in [0.25, 0.3) is 6.08 Å². The summed E-state index contributed by atoms with van der Waals surface area (Å²) >= 11 is 1.39. The van der Waals surface area contributed by atoms with Crippen molar-refractivity contribution in [3.05, 3.63) is 27.2 Å². The number of aryl methyl sites for hydroxylation is 1. The predicted molar refractivity (Wildman–Crippen MR) is 82.5 cm³/mol. The van der Waals surface area contributed by atoms with E-state index in [4.69, 9.17) is 4.74 Å². The molecule has 1 aliphatic rings. The molecule has 0 unspecified atom stereocenters. The van der Waals surface area contributed by atoms with Crippen LogP contribution in [0.5, 0.6) is 0 Å². The molecule has 0 radical (unpaired) electrons. The molecule has 0 spiro atoms. The first-order valence-electron chi connectivity index (χ1n) is 7.64. The number of halogens is 2. The average molecular weight is 329 g/mol. The van der Waals surface area contributed by atoms with Gasteiger partial charge in [-0.1, -0.05) is 19.3 Å². The summed E-state index contributed by atoms with van der Waals surface area (Å²) in [5.74, 6) is -0.00561. The lowest BCUT2D eigenvalue weighted by Crippen LogP contribution is -2.06. The molecule has 1 saturated carbocycles. The van der Waals surface area contributed by atoms with E-state index in [0.717, 1.165) is 17.8 Å². The Morgan fingerprint density at radius 2 is 2.00 bits per heavy atom. The highest BCUT2D eigenvalue weighted by Crippen LogP contribution is 2.36. The smallest absolute Gasteiger partial charge is 0.350 e. The second-order valence-corrected chi connectivity index (χ2v) is 6.76. The summed E-state index contributed by atoms with van der Waals surface area (Å²) in [6.07, 6.45) is 4.30. The van der Waals surface area contributed by atoms with Crippen LogP contribution >= 0.6 is 11.3 Å². The Kier molecular flexibility index (Phi) is 6.06. The third-order valence-corrected chi connectivity index (χ3v) is 5.29. The van der Waals surface area contributed by atoms with Crippen LogP contribution < -0.4 is 0 Å². The van der Waals surface area contributed by atoms with Crippen LogP contribution in [0.1, 0.15) is 71.7 Å². The lowest BCUT2D eigenvalue weighted by atomic mass is 9.90. The second kappa shape index (κ2) is 7.81. The molecule has 0 atom stereocenters. The molecule has 1 aromatic rings. The van der Waals surface area contributed by atoms with E-state index in [9.17, 15) is 13.6 Å². The topological polar surface area (TPSA) is 39.2 Å². The number of thiazole rings is 1. The molecule has 0 bridgehead atoms. The number of esters is 1. The van der Waals surface area contributed by atoms with E-state index in [-0.39, 0.29) is 18.6 Å². The van der Waals surface area contributed by atoms with E-state index in [1.165, 1.54) is 37.5 Å². The monoisotopic (exact) mass is 329 g/mol. The first-order valence-corrected chi connectivity index (χ1v) is 8.46. The molecule has 3 nitrogen and oxygen atoms in total. The Morgan fingerprint density at radius 3 is 2.64 bits per heavy atom. The van der Waals surface area contributed by atoms with Gasteiger partial charge in [0.05, 0.1) is 17.3 Å². The van der Waals surface area contributed by atoms with Crippen molar-refractivity contribution in [2.24, 2.45) is 0 Å². The van der Waals surface area contributed by atoms with Crippen LogP contribution in [0.2, 0.25) is 0 Å². The maximum atomic E-state index is 12.3. The fourth-order valence-electron chi connectivity index (χ4n) is 2.59. The van der Waals surface area contributed by atoms with E-state index in [1.807, 2.05) is 0 Å². The maximum absolute atomic E-state index is 12.3. The molecular weight excluding hydrogens is 308 g/mol. The molecule has 0 N–H and O–H groups in total. The number of ether oxygens (including phenoxy) is 1. The maximum Gasteiger partial charge on any atom is 0.350 e. The summed E-state index contributed by atoms with van der Waals surface area (Å²) in [5.41, 5.74) is 0.635. The zero-order chi connectivity index (χ0) is 16.1. The average Bonchev–Trinajstić information content (AvgIpc) is 2.90. The molecule has 1 heterocycles. The van der Waals surface area contributed by atoms with E-state index in [0.29, 0.717) is 16.5 Å². The van der Waals surface area contributed by atoms with Gasteiger partial charge in [0.1, 0.15) is 4.88 Å². The minimum Gasteiger partial charge on any atom is -0.461 e. The van der Waals surface area contributed by atoms with Gasteiger partial charge in [-0.15, -0.1) is 11.3 Å². The van der Waals surface area contributed by atoms with Crippen LogP contribution in [0.25, 0.3) is 0 Å². The molecule has 1 aliphatic carbocycles. The quantitative estimate of drug-likeness (QED) is 0.696. The van der Waals surface area contributed by atoms with Crippen molar-refractivity contribution in [2.45, 2.75) is 58.3 Å². The lowest BCUT2D eigenvalue weighted by molar-refractivity contribution is 0.0512. The summed E-state index contributed by atoms with van der Waals surface area (Å²) < 4.78 is 29.7. The molecule has 2 rings (SSSR count). The number of aromatic nitrogens is 1. The molecule has 122 valence electrons. The summed E-state index contributed by atoms with van der Waals surface area (Å²) in [5, 5.41) is 1.01. The van der Waals surface area contributed by atoms with Crippen LogP contribution in [-0.4, -0.2) is 17.6 Å². The van der Waals surface area contributed by atoms with E-state index < -0.39 is 12.0 Å². The van der Waals surface area contributed by atoms with Gasteiger partial charge < -0.3 is 4.74 Å². The molecule has 0 amide bonds. The van der Waals surface area contributed by atoms with Gasteiger partial charge in [0.2, 0.25) is 0 Å². The Balaban J connectivity index is 1.95. The van der Waals surface area contributed by atoms with Gasteiger partial charge in [-0.05, 0) is 32.3 Å². The summed E-state index contributed by atoms with van der Waals surface area (Å²) in [7, 11) is 0. The third-order valence-electron chi connectivity index (χ3n) is 3.99. The SMILES string of the molecule is CC(CCOC(=O)c1sc(C2CCCCC2)nc1C)=C(F)F. The number of hydrogen-bond acceptors (Lipinski definition) is 4. The zero-order valence-electron chi connectivity index (χ0n) is 13.0. The zero-order valence-corrected chi connectivity index (χ0v) is 13.8. The largest absolute Gasteiger partial charge is 0.461 e. The summed E-state index contributed by atoms with van der Waals surface area (Å²) in [6.45, 7) is 3.10.